The molecule has 1 aliphatic heterocycles. The molecule has 0 aliphatic carbocycles. The number of halogens is 2. The quantitative estimate of drug-likeness (QED) is 0.931. The van der Waals surface area contributed by atoms with Crippen molar-refractivity contribution in [2.24, 2.45) is 5.92 Å². The second kappa shape index (κ2) is 6.99. The number of hydrogen-bond acceptors (Lipinski definition) is 3. The second-order valence-corrected chi connectivity index (χ2v) is 6.53. The van der Waals surface area contributed by atoms with Crippen molar-refractivity contribution in [2.45, 2.75) is 26.3 Å². The zero-order valence-electron chi connectivity index (χ0n) is 13.2. The number of benzene rings is 1. The first-order valence-corrected chi connectivity index (χ1v) is 8.29. The van der Waals surface area contributed by atoms with Crippen molar-refractivity contribution in [3.63, 3.8) is 0 Å². The number of piperidine rings is 1. The number of likely N-dealkylation sites (tertiary alicyclic amines) is 1. The minimum Gasteiger partial charge on any atom is -0.396 e. The van der Waals surface area contributed by atoms with Crippen molar-refractivity contribution < 1.29 is 9.50 Å². The molecule has 0 radical (unpaired) electrons. The summed E-state index contributed by atoms with van der Waals surface area (Å²) in [5.41, 5.74) is 2.62. The maximum atomic E-state index is 13.1. The number of aliphatic hydroxyl groups is 1. The first-order valence-electron chi connectivity index (χ1n) is 7.91. The number of aliphatic hydroxyl groups excluding tert-OH is 1. The van der Waals surface area contributed by atoms with Gasteiger partial charge in [0.1, 0.15) is 11.0 Å². The summed E-state index contributed by atoms with van der Waals surface area (Å²) in [4.78, 5) is 2.31. The standard InChI is InChI=1S/C17H21ClFN3O/c1-12-16(10-21-8-2-3-13(9-21)11-23)17(18)22(20-12)15-6-4-14(19)5-7-15/h4-7,13,23H,2-3,8-11H2,1H3. The summed E-state index contributed by atoms with van der Waals surface area (Å²) in [5, 5.41) is 14.4. The lowest BCUT2D eigenvalue weighted by Gasteiger charge is -2.31. The predicted molar refractivity (Wildman–Crippen MR) is 88.4 cm³/mol. The summed E-state index contributed by atoms with van der Waals surface area (Å²) >= 11 is 6.52. The van der Waals surface area contributed by atoms with Crippen molar-refractivity contribution in [2.75, 3.05) is 19.7 Å². The minimum absolute atomic E-state index is 0.234. The summed E-state index contributed by atoms with van der Waals surface area (Å²) in [6.45, 7) is 4.79. The Morgan fingerprint density at radius 2 is 2.09 bits per heavy atom. The average molecular weight is 338 g/mol. The highest BCUT2D eigenvalue weighted by Gasteiger charge is 2.22. The van der Waals surface area contributed by atoms with Crippen LogP contribution in [-0.4, -0.2) is 39.5 Å². The van der Waals surface area contributed by atoms with Crippen LogP contribution in [0.3, 0.4) is 0 Å². The molecule has 1 aromatic carbocycles. The number of aryl methyl sites for hydroxylation is 1. The van der Waals surface area contributed by atoms with Gasteiger partial charge in [-0.05, 0) is 56.5 Å². The lowest BCUT2D eigenvalue weighted by Crippen LogP contribution is -2.36. The van der Waals surface area contributed by atoms with Gasteiger partial charge in [0.2, 0.25) is 0 Å². The molecule has 1 aromatic heterocycles. The van der Waals surface area contributed by atoms with E-state index in [1.165, 1.54) is 12.1 Å². The molecule has 4 nitrogen and oxygen atoms in total. The molecule has 6 heteroatoms. The molecule has 1 aliphatic rings. The third-order valence-electron chi connectivity index (χ3n) is 4.44. The fourth-order valence-electron chi connectivity index (χ4n) is 3.13. The van der Waals surface area contributed by atoms with Crippen LogP contribution in [0.4, 0.5) is 4.39 Å². The van der Waals surface area contributed by atoms with E-state index in [2.05, 4.69) is 10.00 Å². The van der Waals surface area contributed by atoms with Crippen LogP contribution in [0.1, 0.15) is 24.1 Å². The van der Waals surface area contributed by atoms with Gasteiger partial charge in [0.15, 0.2) is 0 Å². The van der Waals surface area contributed by atoms with Crippen molar-refractivity contribution >= 4 is 11.6 Å². The van der Waals surface area contributed by atoms with Crippen molar-refractivity contribution in [3.8, 4) is 5.69 Å². The number of rotatable bonds is 4. The van der Waals surface area contributed by atoms with E-state index < -0.39 is 0 Å². The van der Waals surface area contributed by atoms with Crippen molar-refractivity contribution in [3.05, 3.63) is 46.5 Å². The Balaban J connectivity index is 1.82. The highest BCUT2D eigenvalue weighted by Crippen LogP contribution is 2.27. The molecular weight excluding hydrogens is 317 g/mol. The molecular formula is C17H21ClFN3O. The first-order chi connectivity index (χ1) is 11.1. The Morgan fingerprint density at radius 3 is 2.78 bits per heavy atom. The van der Waals surface area contributed by atoms with Crippen LogP contribution in [0.15, 0.2) is 24.3 Å². The van der Waals surface area contributed by atoms with Gasteiger partial charge in [-0.15, -0.1) is 0 Å². The second-order valence-electron chi connectivity index (χ2n) is 6.17. The number of nitrogens with zero attached hydrogens (tertiary/aromatic N) is 3. The van der Waals surface area contributed by atoms with Gasteiger partial charge in [-0.1, -0.05) is 11.6 Å². The molecule has 0 spiro atoms. The van der Waals surface area contributed by atoms with Gasteiger partial charge in [0.25, 0.3) is 0 Å². The van der Waals surface area contributed by atoms with E-state index in [-0.39, 0.29) is 12.4 Å². The summed E-state index contributed by atoms with van der Waals surface area (Å²) in [6.07, 6.45) is 2.17. The molecule has 1 saturated heterocycles. The van der Waals surface area contributed by atoms with Crippen LogP contribution < -0.4 is 0 Å². The molecule has 2 heterocycles. The Bertz CT molecular complexity index is 671. The third-order valence-corrected chi connectivity index (χ3v) is 4.82. The van der Waals surface area contributed by atoms with E-state index in [1.54, 1.807) is 16.8 Å². The monoisotopic (exact) mass is 337 g/mol. The molecule has 0 amide bonds. The lowest BCUT2D eigenvalue weighted by atomic mass is 9.98. The van der Waals surface area contributed by atoms with Crippen LogP contribution in [-0.2, 0) is 6.54 Å². The SMILES string of the molecule is Cc1nn(-c2ccc(F)cc2)c(Cl)c1CN1CCCC(CO)C1. The predicted octanol–water partition coefficient (Wildman–Crippen LogP) is 3.18. The van der Waals surface area contributed by atoms with E-state index in [9.17, 15) is 9.50 Å². The molecule has 1 fully saturated rings. The highest BCUT2D eigenvalue weighted by atomic mass is 35.5. The molecule has 0 bridgehead atoms. The van der Waals surface area contributed by atoms with E-state index in [1.807, 2.05) is 6.92 Å². The largest absolute Gasteiger partial charge is 0.396 e. The Kier molecular flexibility index (Phi) is 4.99. The molecule has 124 valence electrons. The molecule has 1 atom stereocenters. The fraction of sp³-hybridized carbons (Fsp3) is 0.471. The molecule has 2 aromatic rings. The summed E-state index contributed by atoms with van der Waals surface area (Å²) < 4.78 is 14.7. The van der Waals surface area contributed by atoms with E-state index in [0.29, 0.717) is 11.1 Å². The zero-order chi connectivity index (χ0) is 16.4. The summed E-state index contributed by atoms with van der Waals surface area (Å²) in [6, 6.07) is 6.14. The van der Waals surface area contributed by atoms with E-state index >= 15 is 0 Å². The van der Waals surface area contributed by atoms with Gasteiger partial charge in [-0.3, -0.25) is 4.90 Å². The third kappa shape index (κ3) is 3.57. The summed E-state index contributed by atoms with van der Waals surface area (Å²) in [5.74, 6) is 0.0623. The average Bonchev–Trinajstić information content (AvgIpc) is 2.84. The fourth-order valence-corrected chi connectivity index (χ4v) is 3.46. The van der Waals surface area contributed by atoms with Crippen LogP contribution in [0.2, 0.25) is 5.15 Å². The Morgan fingerprint density at radius 1 is 1.35 bits per heavy atom. The van der Waals surface area contributed by atoms with Crippen LogP contribution in [0, 0.1) is 18.7 Å². The van der Waals surface area contributed by atoms with Gasteiger partial charge in [0, 0.05) is 25.3 Å². The van der Waals surface area contributed by atoms with E-state index in [4.69, 9.17) is 11.6 Å². The van der Waals surface area contributed by atoms with Crippen LogP contribution in [0.25, 0.3) is 5.69 Å². The minimum atomic E-state index is -0.280. The molecule has 1 N–H and O–H groups in total. The van der Waals surface area contributed by atoms with Gasteiger partial charge in [-0.25, -0.2) is 9.07 Å². The van der Waals surface area contributed by atoms with Gasteiger partial charge in [0.05, 0.1) is 11.4 Å². The van der Waals surface area contributed by atoms with Gasteiger partial charge in [-0.2, -0.15) is 5.10 Å². The zero-order valence-corrected chi connectivity index (χ0v) is 13.9. The Hall–Kier alpha value is -1.43. The van der Waals surface area contributed by atoms with Crippen LogP contribution >= 0.6 is 11.6 Å². The Labute approximate surface area is 140 Å². The van der Waals surface area contributed by atoms with Crippen molar-refractivity contribution in [1.82, 2.24) is 14.7 Å². The van der Waals surface area contributed by atoms with Gasteiger partial charge < -0.3 is 5.11 Å². The smallest absolute Gasteiger partial charge is 0.137 e. The first kappa shape index (κ1) is 16.4. The highest BCUT2D eigenvalue weighted by molar-refractivity contribution is 6.30. The summed E-state index contributed by atoms with van der Waals surface area (Å²) in [7, 11) is 0. The number of hydrogen-bond donors (Lipinski definition) is 1. The van der Waals surface area contributed by atoms with Crippen molar-refractivity contribution in [1.29, 1.82) is 0 Å². The van der Waals surface area contributed by atoms with Crippen LogP contribution in [0.5, 0.6) is 0 Å². The maximum Gasteiger partial charge on any atom is 0.137 e. The topological polar surface area (TPSA) is 41.3 Å². The molecule has 23 heavy (non-hydrogen) atoms. The normalized spacial score (nSPS) is 19.2. The number of aromatic nitrogens is 2. The lowest BCUT2D eigenvalue weighted by molar-refractivity contribution is 0.116. The molecule has 3 rings (SSSR count). The van der Waals surface area contributed by atoms with E-state index in [0.717, 1.165) is 49.4 Å². The maximum absolute atomic E-state index is 13.1. The molecule has 1 unspecified atom stereocenters. The molecule has 0 saturated carbocycles. The van der Waals surface area contributed by atoms with Gasteiger partial charge >= 0.3 is 0 Å².